The van der Waals surface area contributed by atoms with Gasteiger partial charge in [-0.25, -0.2) is 0 Å². The van der Waals surface area contributed by atoms with Crippen LogP contribution in [0.4, 0.5) is 17.1 Å². The van der Waals surface area contributed by atoms with E-state index >= 15 is 0 Å². The first kappa shape index (κ1) is 26.3. The van der Waals surface area contributed by atoms with Crippen molar-refractivity contribution >= 4 is 60.5 Å². The van der Waals surface area contributed by atoms with Gasteiger partial charge < -0.3 is 9.32 Å². The highest BCUT2D eigenvalue weighted by molar-refractivity contribution is 6.15. The first-order valence-electron chi connectivity index (χ1n) is 15.7. The molecule has 1 heterocycles. The van der Waals surface area contributed by atoms with Crippen LogP contribution in [-0.4, -0.2) is 0 Å². The van der Waals surface area contributed by atoms with Gasteiger partial charge in [0, 0.05) is 27.8 Å². The number of benzene rings is 8. The first-order valence-corrected chi connectivity index (χ1v) is 15.7. The summed E-state index contributed by atoms with van der Waals surface area (Å²) in [5.74, 6) is 0. The van der Waals surface area contributed by atoms with E-state index < -0.39 is 0 Å². The standard InChI is InChI=1S/C44H29NO/c1-2-14-35(15-3-1)45(36-24-20-31(21-25-36)39-17-8-13-30-10-6-7-16-38(30)39)37-26-22-32(23-27-37)40-18-9-19-42-44(40)41-28-33-11-4-5-12-34(33)29-43(41)46-42/h1-29H. The molecule has 0 atom stereocenters. The zero-order valence-electron chi connectivity index (χ0n) is 25.1. The molecule has 0 spiro atoms. The zero-order valence-corrected chi connectivity index (χ0v) is 25.1. The van der Waals surface area contributed by atoms with E-state index in [0.717, 1.165) is 44.6 Å². The van der Waals surface area contributed by atoms with Crippen LogP contribution in [0.15, 0.2) is 180 Å². The summed E-state index contributed by atoms with van der Waals surface area (Å²) in [6, 6.07) is 62.7. The summed E-state index contributed by atoms with van der Waals surface area (Å²) in [5.41, 5.74) is 9.92. The van der Waals surface area contributed by atoms with Gasteiger partial charge in [-0.05, 0) is 98.4 Å². The number of anilines is 3. The van der Waals surface area contributed by atoms with Crippen LogP contribution < -0.4 is 4.90 Å². The number of nitrogens with zero attached hydrogens (tertiary/aromatic N) is 1. The topological polar surface area (TPSA) is 16.4 Å². The summed E-state index contributed by atoms with van der Waals surface area (Å²) in [6.07, 6.45) is 0. The third-order valence-corrected chi connectivity index (χ3v) is 9.04. The number of para-hydroxylation sites is 1. The molecule has 0 aliphatic carbocycles. The molecule has 8 aromatic carbocycles. The maximum Gasteiger partial charge on any atom is 0.136 e. The van der Waals surface area contributed by atoms with Gasteiger partial charge in [-0.15, -0.1) is 0 Å². The minimum Gasteiger partial charge on any atom is -0.456 e. The molecule has 0 saturated heterocycles. The number of hydrogen-bond acceptors (Lipinski definition) is 2. The van der Waals surface area contributed by atoms with Crippen molar-refractivity contribution in [3.8, 4) is 22.3 Å². The van der Waals surface area contributed by atoms with E-state index in [1.165, 1.54) is 38.2 Å². The molecule has 9 rings (SSSR count). The molecule has 1 aromatic heterocycles. The molecule has 2 nitrogen and oxygen atoms in total. The van der Waals surface area contributed by atoms with Crippen molar-refractivity contribution in [2.24, 2.45) is 0 Å². The minimum atomic E-state index is 0.907. The second-order valence-electron chi connectivity index (χ2n) is 11.8. The highest BCUT2D eigenvalue weighted by atomic mass is 16.3. The average molecular weight is 588 g/mol. The average Bonchev–Trinajstić information content (AvgIpc) is 3.49. The van der Waals surface area contributed by atoms with Gasteiger partial charge in [-0.3, -0.25) is 0 Å². The van der Waals surface area contributed by atoms with E-state index in [1.54, 1.807) is 0 Å². The predicted octanol–water partition coefficient (Wildman–Crippen LogP) is 12.7. The van der Waals surface area contributed by atoms with Crippen LogP contribution in [0, 0.1) is 0 Å². The van der Waals surface area contributed by atoms with Gasteiger partial charge in [0.25, 0.3) is 0 Å². The van der Waals surface area contributed by atoms with E-state index in [0.29, 0.717) is 0 Å². The predicted molar refractivity (Wildman–Crippen MR) is 194 cm³/mol. The molecule has 0 aliphatic heterocycles. The lowest BCUT2D eigenvalue weighted by molar-refractivity contribution is 0.669. The Kier molecular flexibility index (Phi) is 6.17. The van der Waals surface area contributed by atoms with Crippen LogP contribution >= 0.6 is 0 Å². The van der Waals surface area contributed by atoms with Gasteiger partial charge in [-0.2, -0.15) is 0 Å². The molecule has 216 valence electrons. The summed E-state index contributed by atoms with van der Waals surface area (Å²) in [7, 11) is 0. The van der Waals surface area contributed by atoms with E-state index in [4.69, 9.17) is 4.42 Å². The summed E-state index contributed by atoms with van der Waals surface area (Å²) in [5, 5.41) is 7.22. The van der Waals surface area contributed by atoms with Gasteiger partial charge in [0.1, 0.15) is 11.2 Å². The molecule has 9 aromatic rings. The van der Waals surface area contributed by atoms with Gasteiger partial charge >= 0.3 is 0 Å². The van der Waals surface area contributed by atoms with Crippen LogP contribution in [0.2, 0.25) is 0 Å². The first-order chi connectivity index (χ1) is 22.8. The molecule has 0 unspecified atom stereocenters. The minimum absolute atomic E-state index is 0.907. The van der Waals surface area contributed by atoms with Crippen molar-refractivity contribution in [3.05, 3.63) is 176 Å². The molecular weight excluding hydrogens is 558 g/mol. The van der Waals surface area contributed by atoms with Crippen LogP contribution in [-0.2, 0) is 0 Å². The summed E-state index contributed by atoms with van der Waals surface area (Å²) < 4.78 is 6.36. The summed E-state index contributed by atoms with van der Waals surface area (Å²) in [6.45, 7) is 0. The highest BCUT2D eigenvalue weighted by Crippen LogP contribution is 2.41. The van der Waals surface area contributed by atoms with Gasteiger partial charge in [0.15, 0.2) is 0 Å². The Morgan fingerprint density at radius 2 is 0.891 bits per heavy atom. The van der Waals surface area contributed by atoms with Gasteiger partial charge in [-0.1, -0.05) is 121 Å². The molecule has 0 bridgehead atoms. The van der Waals surface area contributed by atoms with Crippen molar-refractivity contribution in [2.45, 2.75) is 0 Å². The van der Waals surface area contributed by atoms with Crippen LogP contribution in [0.1, 0.15) is 0 Å². The van der Waals surface area contributed by atoms with Crippen LogP contribution in [0.25, 0.3) is 65.7 Å². The molecule has 2 heteroatoms. The van der Waals surface area contributed by atoms with E-state index in [9.17, 15) is 0 Å². The van der Waals surface area contributed by atoms with Crippen molar-refractivity contribution in [1.82, 2.24) is 0 Å². The SMILES string of the molecule is c1ccc(N(c2ccc(-c3cccc4ccccc34)cc2)c2ccc(-c3cccc4oc5cc6ccccc6cc5c34)cc2)cc1. The van der Waals surface area contributed by atoms with E-state index in [1.807, 2.05) is 0 Å². The molecular formula is C44H29NO. The Labute approximate surface area is 267 Å². The molecule has 0 fully saturated rings. The van der Waals surface area contributed by atoms with Gasteiger partial charge in [0.2, 0.25) is 0 Å². The highest BCUT2D eigenvalue weighted by Gasteiger charge is 2.16. The maximum absolute atomic E-state index is 6.36. The second kappa shape index (κ2) is 10.8. The number of fused-ring (bicyclic) bond motifs is 5. The lowest BCUT2D eigenvalue weighted by Gasteiger charge is -2.26. The zero-order chi connectivity index (χ0) is 30.5. The third-order valence-electron chi connectivity index (χ3n) is 9.04. The second-order valence-corrected chi connectivity index (χ2v) is 11.8. The van der Waals surface area contributed by atoms with Crippen LogP contribution in [0.3, 0.4) is 0 Å². The lowest BCUT2D eigenvalue weighted by atomic mass is 9.97. The maximum atomic E-state index is 6.36. The molecule has 0 aliphatic rings. The fourth-order valence-corrected chi connectivity index (χ4v) is 6.83. The van der Waals surface area contributed by atoms with Crippen molar-refractivity contribution in [2.75, 3.05) is 4.90 Å². The molecule has 0 saturated carbocycles. The Bertz CT molecular complexity index is 2500. The Hall–Kier alpha value is -6.12. The fourth-order valence-electron chi connectivity index (χ4n) is 6.83. The van der Waals surface area contributed by atoms with Crippen molar-refractivity contribution in [3.63, 3.8) is 0 Å². The molecule has 0 N–H and O–H groups in total. The largest absolute Gasteiger partial charge is 0.456 e. The Morgan fingerprint density at radius 3 is 1.63 bits per heavy atom. The van der Waals surface area contributed by atoms with Gasteiger partial charge in [0.05, 0.1) is 0 Å². The Morgan fingerprint density at radius 1 is 0.348 bits per heavy atom. The smallest absolute Gasteiger partial charge is 0.136 e. The monoisotopic (exact) mass is 587 g/mol. The number of rotatable bonds is 5. The van der Waals surface area contributed by atoms with Crippen molar-refractivity contribution < 1.29 is 4.42 Å². The number of hydrogen-bond donors (Lipinski definition) is 0. The Balaban J connectivity index is 1.12. The summed E-state index contributed by atoms with van der Waals surface area (Å²) >= 11 is 0. The normalized spacial score (nSPS) is 11.5. The third kappa shape index (κ3) is 4.43. The van der Waals surface area contributed by atoms with E-state index in [-0.39, 0.29) is 0 Å². The quantitative estimate of drug-likeness (QED) is 0.199. The number of furan rings is 1. The van der Waals surface area contributed by atoms with Crippen LogP contribution in [0.5, 0.6) is 0 Å². The van der Waals surface area contributed by atoms with E-state index in [2.05, 4.69) is 181 Å². The molecule has 0 radical (unpaired) electrons. The summed E-state index contributed by atoms with van der Waals surface area (Å²) in [4.78, 5) is 2.32. The van der Waals surface area contributed by atoms with Crippen molar-refractivity contribution in [1.29, 1.82) is 0 Å². The lowest BCUT2D eigenvalue weighted by Crippen LogP contribution is -2.09. The molecule has 0 amide bonds. The molecule has 46 heavy (non-hydrogen) atoms. The fraction of sp³-hybridized carbons (Fsp3) is 0.